The van der Waals surface area contributed by atoms with E-state index in [1.165, 1.54) is 12.1 Å². The van der Waals surface area contributed by atoms with E-state index in [2.05, 4.69) is 10.6 Å². The molecule has 2 N–H and O–H groups in total. The van der Waals surface area contributed by atoms with Crippen LogP contribution in [0.1, 0.15) is 44.2 Å². The van der Waals surface area contributed by atoms with Gasteiger partial charge >= 0.3 is 0 Å². The number of carbonyl (C=O) groups excluding carboxylic acids is 1. The second-order valence-corrected chi connectivity index (χ2v) is 5.71. The molecule has 1 amide bonds. The van der Waals surface area contributed by atoms with Crippen LogP contribution >= 0.6 is 0 Å². The second kappa shape index (κ2) is 7.50. The Morgan fingerprint density at radius 3 is 2.95 bits per heavy atom. The fourth-order valence-electron chi connectivity index (χ4n) is 2.75. The average Bonchev–Trinajstić information content (AvgIpc) is 2.46. The summed E-state index contributed by atoms with van der Waals surface area (Å²) in [5.74, 6) is -0.780. The van der Waals surface area contributed by atoms with E-state index in [9.17, 15) is 13.6 Å². The van der Waals surface area contributed by atoms with Crippen LogP contribution < -0.4 is 10.6 Å². The van der Waals surface area contributed by atoms with Gasteiger partial charge in [0.25, 0.3) is 0 Å². The molecular weight excluding hydrogens is 274 g/mol. The highest BCUT2D eigenvalue weighted by Gasteiger charge is 2.17. The monoisotopic (exact) mass is 296 g/mol. The highest BCUT2D eigenvalue weighted by atomic mass is 19.1. The number of benzene rings is 1. The SMILES string of the molecule is CC(NC(=O)CCC1CCCNC1)c1ccc(F)cc1F. The Bertz CT molecular complexity index is 487. The number of rotatable bonds is 5. The Morgan fingerprint density at radius 2 is 2.29 bits per heavy atom. The number of nitrogens with one attached hydrogen (secondary N) is 2. The second-order valence-electron chi connectivity index (χ2n) is 5.71. The lowest BCUT2D eigenvalue weighted by Gasteiger charge is -2.22. The van der Waals surface area contributed by atoms with E-state index in [0.29, 0.717) is 17.9 Å². The number of halogens is 2. The van der Waals surface area contributed by atoms with Gasteiger partial charge in [0.05, 0.1) is 6.04 Å². The fourth-order valence-corrected chi connectivity index (χ4v) is 2.75. The number of hydrogen-bond acceptors (Lipinski definition) is 2. The minimum Gasteiger partial charge on any atom is -0.349 e. The smallest absolute Gasteiger partial charge is 0.220 e. The van der Waals surface area contributed by atoms with Crippen molar-refractivity contribution in [2.75, 3.05) is 13.1 Å². The van der Waals surface area contributed by atoms with E-state index < -0.39 is 17.7 Å². The molecular formula is C16H22F2N2O. The van der Waals surface area contributed by atoms with Crippen molar-refractivity contribution in [1.82, 2.24) is 10.6 Å². The first-order valence-electron chi connectivity index (χ1n) is 7.51. The van der Waals surface area contributed by atoms with Crippen LogP contribution in [0.2, 0.25) is 0 Å². The lowest BCUT2D eigenvalue weighted by Crippen LogP contribution is -2.32. The van der Waals surface area contributed by atoms with Crippen molar-refractivity contribution in [1.29, 1.82) is 0 Å². The molecule has 0 bridgehead atoms. The van der Waals surface area contributed by atoms with Crippen molar-refractivity contribution >= 4 is 5.91 Å². The quantitative estimate of drug-likeness (QED) is 0.877. The zero-order valence-electron chi connectivity index (χ0n) is 12.3. The van der Waals surface area contributed by atoms with Gasteiger partial charge in [0, 0.05) is 18.1 Å². The number of carbonyl (C=O) groups is 1. The Balaban J connectivity index is 1.81. The van der Waals surface area contributed by atoms with Gasteiger partial charge in [-0.15, -0.1) is 0 Å². The summed E-state index contributed by atoms with van der Waals surface area (Å²) in [7, 11) is 0. The molecule has 5 heteroatoms. The summed E-state index contributed by atoms with van der Waals surface area (Å²) in [4.78, 5) is 11.9. The largest absolute Gasteiger partial charge is 0.349 e. The molecule has 116 valence electrons. The summed E-state index contributed by atoms with van der Waals surface area (Å²) in [6, 6.07) is 2.96. The molecule has 3 nitrogen and oxygen atoms in total. The summed E-state index contributed by atoms with van der Waals surface area (Å²) in [5.41, 5.74) is 0.309. The lowest BCUT2D eigenvalue weighted by molar-refractivity contribution is -0.122. The molecule has 0 aliphatic carbocycles. The van der Waals surface area contributed by atoms with Crippen LogP contribution in [-0.2, 0) is 4.79 Å². The molecule has 0 spiro atoms. The normalized spacial score (nSPS) is 20.0. The van der Waals surface area contributed by atoms with E-state index in [4.69, 9.17) is 0 Å². The van der Waals surface area contributed by atoms with Gasteiger partial charge in [-0.2, -0.15) is 0 Å². The maximum Gasteiger partial charge on any atom is 0.220 e. The molecule has 1 aromatic carbocycles. The standard InChI is InChI=1S/C16H22F2N2O/c1-11(14-6-5-13(17)9-15(14)18)20-16(21)7-4-12-3-2-8-19-10-12/h5-6,9,11-12,19H,2-4,7-8,10H2,1H3,(H,20,21). The summed E-state index contributed by atoms with van der Waals surface area (Å²) >= 11 is 0. The van der Waals surface area contributed by atoms with Crippen molar-refractivity contribution in [2.24, 2.45) is 5.92 Å². The number of hydrogen-bond donors (Lipinski definition) is 2. The molecule has 0 radical (unpaired) electrons. The van der Waals surface area contributed by atoms with Crippen LogP contribution in [-0.4, -0.2) is 19.0 Å². The fraction of sp³-hybridized carbons (Fsp3) is 0.562. The molecule has 21 heavy (non-hydrogen) atoms. The van der Waals surface area contributed by atoms with E-state index in [1.807, 2.05) is 0 Å². The van der Waals surface area contributed by atoms with Crippen molar-refractivity contribution < 1.29 is 13.6 Å². The highest BCUT2D eigenvalue weighted by Crippen LogP contribution is 2.19. The molecule has 2 rings (SSSR count). The van der Waals surface area contributed by atoms with Gasteiger partial charge in [0.1, 0.15) is 11.6 Å². The number of amides is 1. The van der Waals surface area contributed by atoms with E-state index >= 15 is 0 Å². The molecule has 1 aliphatic rings. The van der Waals surface area contributed by atoms with Crippen LogP contribution in [0.4, 0.5) is 8.78 Å². The van der Waals surface area contributed by atoms with Gasteiger partial charge in [0.15, 0.2) is 0 Å². The predicted molar refractivity (Wildman–Crippen MR) is 77.7 cm³/mol. The van der Waals surface area contributed by atoms with Gasteiger partial charge in [-0.1, -0.05) is 6.07 Å². The first kappa shape index (κ1) is 15.9. The molecule has 1 heterocycles. The Kier molecular flexibility index (Phi) is 5.67. The van der Waals surface area contributed by atoms with Gasteiger partial charge < -0.3 is 10.6 Å². The third-order valence-corrected chi connectivity index (χ3v) is 3.99. The maximum absolute atomic E-state index is 13.6. The zero-order chi connectivity index (χ0) is 15.2. The summed E-state index contributed by atoms with van der Waals surface area (Å²) in [6.45, 7) is 3.73. The Morgan fingerprint density at radius 1 is 1.48 bits per heavy atom. The van der Waals surface area contributed by atoms with Gasteiger partial charge in [-0.05, 0) is 51.3 Å². The van der Waals surface area contributed by atoms with Crippen LogP contribution in [0.25, 0.3) is 0 Å². The molecule has 1 saturated heterocycles. The third-order valence-electron chi connectivity index (χ3n) is 3.99. The highest BCUT2D eigenvalue weighted by molar-refractivity contribution is 5.76. The van der Waals surface area contributed by atoms with Crippen LogP contribution in [0.3, 0.4) is 0 Å². The van der Waals surface area contributed by atoms with Crippen molar-refractivity contribution in [2.45, 2.75) is 38.6 Å². The first-order valence-corrected chi connectivity index (χ1v) is 7.51. The summed E-state index contributed by atoms with van der Waals surface area (Å²) in [6.07, 6.45) is 3.60. The van der Waals surface area contributed by atoms with E-state index in [1.54, 1.807) is 6.92 Å². The lowest BCUT2D eigenvalue weighted by atomic mass is 9.94. The van der Waals surface area contributed by atoms with Gasteiger partial charge in [-0.3, -0.25) is 4.79 Å². The number of piperidine rings is 1. The van der Waals surface area contributed by atoms with Crippen LogP contribution in [0.5, 0.6) is 0 Å². The van der Waals surface area contributed by atoms with Gasteiger partial charge in [-0.25, -0.2) is 8.78 Å². The third kappa shape index (κ3) is 4.77. The van der Waals surface area contributed by atoms with Crippen molar-refractivity contribution in [3.63, 3.8) is 0 Å². The van der Waals surface area contributed by atoms with Crippen LogP contribution in [0, 0.1) is 17.6 Å². The van der Waals surface area contributed by atoms with Crippen molar-refractivity contribution in [3.8, 4) is 0 Å². The van der Waals surface area contributed by atoms with Crippen LogP contribution in [0.15, 0.2) is 18.2 Å². The van der Waals surface area contributed by atoms with E-state index in [0.717, 1.165) is 38.4 Å². The molecule has 2 unspecified atom stereocenters. The molecule has 1 aromatic rings. The molecule has 1 aliphatic heterocycles. The Hall–Kier alpha value is -1.49. The predicted octanol–water partition coefficient (Wildman–Crippen LogP) is 2.92. The first-order chi connectivity index (χ1) is 10.1. The Labute approximate surface area is 124 Å². The summed E-state index contributed by atoms with van der Waals surface area (Å²) < 4.78 is 26.5. The molecule has 2 atom stereocenters. The molecule has 0 saturated carbocycles. The minimum atomic E-state index is -0.626. The zero-order valence-corrected chi connectivity index (χ0v) is 12.3. The van der Waals surface area contributed by atoms with E-state index in [-0.39, 0.29) is 5.91 Å². The average molecular weight is 296 g/mol. The molecule has 0 aromatic heterocycles. The minimum absolute atomic E-state index is 0.0863. The summed E-state index contributed by atoms with van der Waals surface area (Å²) in [5, 5.41) is 6.10. The van der Waals surface area contributed by atoms with Gasteiger partial charge in [0.2, 0.25) is 5.91 Å². The maximum atomic E-state index is 13.6. The topological polar surface area (TPSA) is 41.1 Å². The molecule has 1 fully saturated rings. The van der Waals surface area contributed by atoms with Crippen molar-refractivity contribution in [3.05, 3.63) is 35.4 Å².